The van der Waals surface area contributed by atoms with Gasteiger partial charge in [-0.2, -0.15) is 11.8 Å². The van der Waals surface area contributed by atoms with Crippen molar-refractivity contribution >= 4 is 11.8 Å². The summed E-state index contributed by atoms with van der Waals surface area (Å²) >= 11 is 2.09. The Kier molecular flexibility index (Phi) is 4.95. The van der Waals surface area contributed by atoms with Gasteiger partial charge in [0.25, 0.3) is 0 Å². The lowest BCUT2D eigenvalue weighted by molar-refractivity contribution is 0.00104. The summed E-state index contributed by atoms with van der Waals surface area (Å²) in [4.78, 5) is 2.62. The van der Waals surface area contributed by atoms with E-state index in [9.17, 15) is 0 Å². The zero-order valence-corrected chi connectivity index (χ0v) is 10.9. The number of thioether (sulfide) groups is 1. The van der Waals surface area contributed by atoms with Crippen LogP contribution in [0.4, 0.5) is 0 Å². The number of ether oxygens (including phenoxy) is 1. The molecule has 0 unspecified atom stereocenters. The predicted octanol–water partition coefficient (Wildman–Crippen LogP) is 1.18. The molecule has 94 valence electrons. The van der Waals surface area contributed by atoms with Crippen LogP contribution >= 0.6 is 11.8 Å². The molecule has 2 aliphatic rings. The highest BCUT2D eigenvalue weighted by molar-refractivity contribution is 7.99. The van der Waals surface area contributed by atoms with Crippen molar-refractivity contribution in [3.05, 3.63) is 0 Å². The van der Waals surface area contributed by atoms with Gasteiger partial charge in [0.1, 0.15) is 0 Å². The molecule has 2 heterocycles. The van der Waals surface area contributed by atoms with E-state index in [1.165, 1.54) is 37.6 Å². The molecule has 2 N–H and O–H groups in total. The average Bonchev–Trinajstić information content (AvgIpc) is 2.59. The van der Waals surface area contributed by atoms with Gasteiger partial charge in [-0.1, -0.05) is 0 Å². The van der Waals surface area contributed by atoms with Gasteiger partial charge >= 0.3 is 0 Å². The Morgan fingerprint density at radius 2 is 2.00 bits per heavy atom. The first-order valence-corrected chi connectivity index (χ1v) is 7.58. The van der Waals surface area contributed by atoms with Crippen LogP contribution in [0, 0.1) is 5.41 Å². The molecule has 0 amide bonds. The Morgan fingerprint density at radius 1 is 1.19 bits per heavy atom. The number of rotatable bonds is 3. The van der Waals surface area contributed by atoms with Crippen LogP contribution in [0.2, 0.25) is 0 Å². The number of nitrogens with two attached hydrogens (primary N) is 1. The highest BCUT2D eigenvalue weighted by Crippen LogP contribution is 2.30. The third kappa shape index (κ3) is 3.36. The van der Waals surface area contributed by atoms with Crippen LogP contribution in [-0.4, -0.2) is 55.8 Å². The third-order valence-electron chi connectivity index (χ3n) is 3.86. The zero-order chi connectivity index (χ0) is 11.3. The van der Waals surface area contributed by atoms with E-state index < -0.39 is 0 Å². The lowest BCUT2D eigenvalue weighted by Crippen LogP contribution is -2.46. The summed E-state index contributed by atoms with van der Waals surface area (Å²) in [6.45, 7) is 6.32. The van der Waals surface area contributed by atoms with E-state index in [-0.39, 0.29) is 0 Å². The van der Waals surface area contributed by atoms with Crippen molar-refractivity contribution in [2.24, 2.45) is 11.1 Å². The second kappa shape index (κ2) is 6.24. The van der Waals surface area contributed by atoms with Crippen LogP contribution < -0.4 is 5.73 Å². The van der Waals surface area contributed by atoms with Crippen molar-refractivity contribution in [1.29, 1.82) is 0 Å². The minimum absolute atomic E-state index is 0.341. The highest BCUT2D eigenvalue weighted by atomic mass is 32.2. The van der Waals surface area contributed by atoms with Crippen LogP contribution in [0.15, 0.2) is 0 Å². The molecule has 0 bridgehead atoms. The molecule has 2 rings (SSSR count). The number of hydrogen-bond donors (Lipinski definition) is 1. The standard InChI is InChI=1S/C12H24N2OS/c13-10-12(2-6-15-7-3-12)11-14-4-1-8-16-9-5-14/h1-11,13H2. The fourth-order valence-corrected chi connectivity index (χ4v) is 3.59. The lowest BCUT2D eigenvalue weighted by Gasteiger charge is -2.40. The summed E-state index contributed by atoms with van der Waals surface area (Å²) in [5.41, 5.74) is 6.35. The maximum absolute atomic E-state index is 6.01. The second-order valence-corrected chi connectivity index (χ2v) is 6.28. The minimum atomic E-state index is 0.341. The molecule has 2 aliphatic heterocycles. The van der Waals surface area contributed by atoms with Gasteiger partial charge in [0.05, 0.1) is 0 Å². The maximum Gasteiger partial charge on any atom is 0.0472 e. The molecule has 0 radical (unpaired) electrons. The molecule has 0 atom stereocenters. The van der Waals surface area contributed by atoms with E-state index in [1.807, 2.05) is 0 Å². The molecule has 3 nitrogen and oxygen atoms in total. The van der Waals surface area contributed by atoms with E-state index in [1.54, 1.807) is 0 Å². The molecule has 0 aromatic carbocycles. The smallest absolute Gasteiger partial charge is 0.0472 e. The van der Waals surface area contributed by atoms with E-state index >= 15 is 0 Å². The number of nitrogens with zero attached hydrogens (tertiary/aromatic N) is 1. The quantitative estimate of drug-likeness (QED) is 0.809. The molecular formula is C12H24N2OS. The fraction of sp³-hybridized carbons (Fsp3) is 1.00. The summed E-state index contributed by atoms with van der Waals surface area (Å²) in [7, 11) is 0. The van der Waals surface area contributed by atoms with Crippen molar-refractivity contribution in [2.75, 3.05) is 50.9 Å². The second-order valence-electron chi connectivity index (χ2n) is 5.06. The lowest BCUT2D eigenvalue weighted by atomic mass is 9.79. The molecular weight excluding hydrogens is 220 g/mol. The van der Waals surface area contributed by atoms with Crippen molar-refractivity contribution in [3.8, 4) is 0 Å². The van der Waals surface area contributed by atoms with Crippen molar-refractivity contribution in [3.63, 3.8) is 0 Å². The van der Waals surface area contributed by atoms with Gasteiger partial charge in [-0.05, 0) is 43.5 Å². The fourth-order valence-electron chi connectivity index (χ4n) is 2.66. The largest absolute Gasteiger partial charge is 0.381 e. The molecule has 0 aromatic heterocycles. The van der Waals surface area contributed by atoms with Crippen molar-refractivity contribution in [2.45, 2.75) is 19.3 Å². The van der Waals surface area contributed by atoms with Gasteiger partial charge in [0.2, 0.25) is 0 Å². The van der Waals surface area contributed by atoms with Gasteiger partial charge in [-0.3, -0.25) is 0 Å². The SMILES string of the molecule is NCC1(CN2CCCSCC2)CCOCC1. The molecule has 16 heavy (non-hydrogen) atoms. The van der Waals surface area contributed by atoms with Gasteiger partial charge in [-0.25, -0.2) is 0 Å². The number of hydrogen-bond acceptors (Lipinski definition) is 4. The molecule has 0 spiro atoms. The van der Waals surface area contributed by atoms with Crippen molar-refractivity contribution in [1.82, 2.24) is 4.90 Å². The Balaban J connectivity index is 1.88. The molecule has 0 saturated carbocycles. The summed E-state index contributed by atoms with van der Waals surface area (Å²) in [6.07, 6.45) is 3.63. The Labute approximate surface area is 103 Å². The summed E-state index contributed by atoms with van der Waals surface area (Å²) in [6, 6.07) is 0. The van der Waals surface area contributed by atoms with Gasteiger partial charge in [0, 0.05) is 32.1 Å². The van der Waals surface area contributed by atoms with Crippen LogP contribution in [0.5, 0.6) is 0 Å². The molecule has 4 heteroatoms. The molecule has 0 aromatic rings. The maximum atomic E-state index is 6.01. The van der Waals surface area contributed by atoms with Crippen LogP contribution in [0.1, 0.15) is 19.3 Å². The summed E-state index contributed by atoms with van der Waals surface area (Å²) < 4.78 is 5.46. The van der Waals surface area contributed by atoms with E-state index in [0.29, 0.717) is 5.41 Å². The minimum Gasteiger partial charge on any atom is -0.381 e. The van der Waals surface area contributed by atoms with Gasteiger partial charge in [-0.15, -0.1) is 0 Å². The molecule has 0 aliphatic carbocycles. The normalized spacial score (nSPS) is 27.6. The van der Waals surface area contributed by atoms with Gasteiger partial charge < -0.3 is 15.4 Å². The third-order valence-corrected chi connectivity index (χ3v) is 4.91. The predicted molar refractivity (Wildman–Crippen MR) is 69.9 cm³/mol. The topological polar surface area (TPSA) is 38.5 Å². The first-order chi connectivity index (χ1) is 7.85. The van der Waals surface area contributed by atoms with Crippen molar-refractivity contribution < 1.29 is 4.74 Å². The first-order valence-electron chi connectivity index (χ1n) is 6.43. The van der Waals surface area contributed by atoms with Crippen LogP contribution in [-0.2, 0) is 4.74 Å². The molecule has 2 fully saturated rings. The molecule has 2 saturated heterocycles. The van der Waals surface area contributed by atoms with Gasteiger partial charge in [0.15, 0.2) is 0 Å². The summed E-state index contributed by atoms with van der Waals surface area (Å²) in [5, 5.41) is 0. The van der Waals surface area contributed by atoms with Crippen LogP contribution in [0.25, 0.3) is 0 Å². The van der Waals surface area contributed by atoms with E-state index in [4.69, 9.17) is 10.5 Å². The Hall–Kier alpha value is 0.230. The monoisotopic (exact) mass is 244 g/mol. The average molecular weight is 244 g/mol. The zero-order valence-electron chi connectivity index (χ0n) is 10.1. The highest BCUT2D eigenvalue weighted by Gasteiger charge is 2.33. The van der Waals surface area contributed by atoms with E-state index in [2.05, 4.69) is 16.7 Å². The van der Waals surface area contributed by atoms with E-state index in [0.717, 1.165) is 32.6 Å². The Morgan fingerprint density at radius 3 is 2.75 bits per heavy atom. The summed E-state index contributed by atoms with van der Waals surface area (Å²) in [5.74, 6) is 2.62. The van der Waals surface area contributed by atoms with Crippen LogP contribution in [0.3, 0.4) is 0 Å². The Bertz CT molecular complexity index is 199. The first kappa shape index (κ1) is 12.7.